The minimum absolute atomic E-state index is 0. The molecule has 2 rings (SSSR count). The van der Waals surface area contributed by atoms with Gasteiger partial charge in [-0.05, 0) is 25.0 Å². The SMILES string of the molecule is CN=C(NC)NCC1(c2c(F)cccc2F)CCCC1.I. The van der Waals surface area contributed by atoms with Crippen LogP contribution in [0.25, 0.3) is 0 Å². The Bertz CT molecular complexity index is 479. The van der Waals surface area contributed by atoms with Crippen LogP contribution in [0.2, 0.25) is 0 Å². The molecule has 1 aromatic rings. The Morgan fingerprint density at radius 2 is 1.81 bits per heavy atom. The second kappa shape index (κ2) is 7.91. The van der Waals surface area contributed by atoms with Crippen molar-refractivity contribution in [1.29, 1.82) is 0 Å². The van der Waals surface area contributed by atoms with E-state index in [2.05, 4.69) is 15.6 Å². The van der Waals surface area contributed by atoms with Crippen LogP contribution in [0.1, 0.15) is 31.2 Å². The Balaban J connectivity index is 0.00000220. The van der Waals surface area contributed by atoms with Crippen LogP contribution in [0, 0.1) is 11.6 Å². The van der Waals surface area contributed by atoms with E-state index in [1.807, 2.05) is 0 Å². The molecule has 1 saturated carbocycles. The van der Waals surface area contributed by atoms with E-state index in [9.17, 15) is 8.78 Å². The lowest BCUT2D eigenvalue weighted by Crippen LogP contribution is -2.44. The first-order valence-corrected chi connectivity index (χ1v) is 6.96. The maximum Gasteiger partial charge on any atom is 0.190 e. The zero-order valence-electron chi connectivity index (χ0n) is 12.4. The molecule has 1 aliphatic rings. The summed E-state index contributed by atoms with van der Waals surface area (Å²) in [5.41, 5.74) is -0.265. The van der Waals surface area contributed by atoms with Crippen LogP contribution in [-0.2, 0) is 5.41 Å². The summed E-state index contributed by atoms with van der Waals surface area (Å²) in [6, 6.07) is 4.09. The predicted molar refractivity (Wildman–Crippen MR) is 92.3 cm³/mol. The number of halogens is 3. The lowest BCUT2D eigenvalue weighted by Gasteiger charge is -2.31. The van der Waals surface area contributed by atoms with Gasteiger partial charge in [0.1, 0.15) is 11.6 Å². The molecule has 0 saturated heterocycles. The monoisotopic (exact) mass is 409 g/mol. The third kappa shape index (κ3) is 3.84. The molecule has 1 aliphatic carbocycles. The Labute approximate surface area is 141 Å². The Morgan fingerprint density at radius 3 is 2.29 bits per heavy atom. The van der Waals surface area contributed by atoms with Crippen LogP contribution in [0.4, 0.5) is 8.78 Å². The topological polar surface area (TPSA) is 36.4 Å². The minimum Gasteiger partial charge on any atom is -0.359 e. The zero-order valence-corrected chi connectivity index (χ0v) is 14.7. The van der Waals surface area contributed by atoms with E-state index >= 15 is 0 Å². The quantitative estimate of drug-likeness (QED) is 0.457. The first-order chi connectivity index (χ1) is 9.63. The summed E-state index contributed by atoms with van der Waals surface area (Å²) in [4.78, 5) is 4.04. The van der Waals surface area contributed by atoms with Crippen LogP contribution in [-0.4, -0.2) is 26.6 Å². The summed E-state index contributed by atoms with van der Waals surface area (Å²) in [6.45, 7) is 0.484. The summed E-state index contributed by atoms with van der Waals surface area (Å²) in [5, 5.41) is 6.09. The Kier molecular flexibility index (Phi) is 6.83. The highest BCUT2D eigenvalue weighted by molar-refractivity contribution is 14.0. The number of hydrogen-bond donors (Lipinski definition) is 2. The molecule has 3 nitrogen and oxygen atoms in total. The zero-order chi connectivity index (χ0) is 14.6. The highest BCUT2D eigenvalue weighted by atomic mass is 127. The summed E-state index contributed by atoms with van der Waals surface area (Å²) in [5.74, 6) is -0.269. The molecular formula is C15H22F2IN3. The molecule has 2 N–H and O–H groups in total. The second-order valence-electron chi connectivity index (χ2n) is 5.26. The van der Waals surface area contributed by atoms with Crippen molar-refractivity contribution in [3.05, 3.63) is 35.4 Å². The molecule has 21 heavy (non-hydrogen) atoms. The van der Waals surface area contributed by atoms with Gasteiger partial charge < -0.3 is 10.6 Å². The number of aliphatic imine (C=N–C) groups is 1. The van der Waals surface area contributed by atoms with E-state index < -0.39 is 17.0 Å². The fourth-order valence-electron chi connectivity index (χ4n) is 3.10. The summed E-state index contributed by atoms with van der Waals surface area (Å²) in [7, 11) is 3.43. The van der Waals surface area contributed by atoms with Gasteiger partial charge in [-0.15, -0.1) is 24.0 Å². The molecule has 0 radical (unpaired) electrons. The molecular weight excluding hydrogens is 387 g/mol. The van der Waals surface area contributed by atoms with E-state index in [-0.39, 0.29) is 29.5 Å². The van der Waals surface area contributed by atoms with Gasteiger partial charge in [0.25, 0.3) is 0 Å². The van der Waals surface area contributed by atoms with Crippen LogP contribution in [0.15, 0.2) is 23.2 Å². The van der Waals surface area contributed by atoms with Crippen LogP contribution in [0.5, 0.6) is 0 Å². The first kappa shape index (κ1) is 18.1. The van der Waals surface area contributed by atoms with Crippen molar-refractivity contribution >= 4 is 29.9 Å². The van der Waals surface area contributed by atoms with Gasteiger partial charge in [-0.1, -0.05) is 18.9 Å². The molecule has 6 heteroatoms. The van der Waals surface area contributed by atoms with Crippen molar-refractivity contribution < 1.29 is 8.78 Å². The molecule has 0 heterocycles. The lowest BCUT2D eigenvalue weighted by atomic mass is 9.78. The maximum atomic E-state index is 14.1. The lowest BCUT2D eigenvalue weighted by molar-refractivity contribution is 0.386. The molecule has 0 aromatic heterocycles. The van der Waals surface area contributed by atoms with Crippen molar-refractivity contribution in [2.24, 2.45) is 4.99 Å². The van der Waals surface area contributed by atoms with Crippen molar-refractivity contribution in [2.75, 3.05) is 20.6 Å². The number of benzene rings is 1. The number of nitrogens with zero attached hydrogens (tertiary/aromatic N) is 1. The third-order valence-electron chi connectivity index (χ3n) is 4.11. The molecule has 0 atom stereocenters. The average Bonchev–Trinajstić information content (AvgIpc) is 2.89. The number of nitrogens with one attached hydrogen (secondary N) is 2. The summed E-state index contributed by atoms with van der Waals surface area (Å²) < 4.78 is 28.2. The molecule has 0 aliphatic heterocycles. The molecule has 1 fully saturated rings. The standard InChI is InChI=1S/C15H21F2N3.HI/c1-18-14(19-2)20-10-15(8-3-4-9-15)13-11(16)6-5-7-12(13)17;/h5-7H,3-4,8-10H2,1-2H3,(H2,18,19,20);1H. The van der Waals surface area contributed by atoms with Gasteiger partial charge in [-0.3, -0.25) is 4.99 Å². The highest BCUT2D eigenvalue weighted by Gasteiger charge is 2.39. The van der Waals surface area contributed by atoms with E-state index in [1.165, 1.54) is 18.2 Å². The fraction of sp³-hybridized carbons (Fsp3) is 0.533. The van der Waals surface area contributed by atoms with Gasteiger partial charge in [0.05, 0.1) is 0 Å². The smallest absolute Gasteiger partial charge is 0.190 e. The molecule has 1 aromatic carbocycles. The average molecular weight is 409 g/mol. The molecule has 0 bridgehead atoms. The van der Waals surface area contributed by atoms with E-state index in [4.69, 9.17) is 0 Å². The number of guanidine groups is 1. The molecule has 0 amide bonds. The number of hydrogen-bond acceptors (Lipinski definition) is 1. The van der Waals surface area contributed by atoms with Crippen molar-refractivity contribution in [3.63, 3.8) is 0 Å². The van der Waals surface area contributed by atoms with Crippen molar-refractivity contribution in [2.45, 2.75) is 31.1 Å². The molecule has 0 spiro atoms. The summed E-state index contributed by atoms with van der Waals surface area (Å²) in [6.07, 6.45) is 3.57. The van der Waals surface area contributed by atoms with E-state index in [0.717, 1.165) is 25.7 Å². The van der Waals surface area contributed by atoms with Crippen molar-refractivity contribution in [1.82, 2.24) is 10.6 Å². The summed E-state index contributed by atoms with van der Waals surface area (Å²) >= 11 is 0. The van der Waals surface area contributed by atoms with Crippen molar-refractivity contribution in [3.8, 4) is 0 Å². The normalized spacial score (nSPS) is 17.2. The largest absolute Gasteiger partial charge is 0.359 e. The molecule has 118 valence electrons. The molecule has 0 unspecified atom stereocenters. The minimum atomic E-state index is -0.484. The van der Waals surface area contributed by atoms with Gasteiger partial charge in [0.2, 0.25) is 0 Å². The van der Waals surface area contributed by atoms with Gasteiger partial charge in [0.15, 0.2) is 5.96 Å². The third-order valence-corrected chi connectivity index (χ3v) is 4.11. The Morgan fingerprint density at radius 1 is 1.24 bits per heavy atom. The van der Waals surface area contributed by atoms with E-state index in [0.29, 0.717) is 12.5 Å². The predicted octanol–water partition coefficient (Wildman–Crippen LogP) is 3.19. The fourth-order valence-corrected chi connectivity index (χ4v) is 3.10. The highest BCUT2D eigenvalue weighted by Crippen LogP contribution is 2.42. The van der Waals surface area contributed by atoms with Crippen LogP contribution < -0.4 is 10.6 Å². The van der Waals surface area contributed by atoms with E-state index in [1.54, 1.807) is 14.1 Å². The maximum absolute atomic E-state index is 14.1. The van der Waals surface area contributed by atoms with Gasteiger partial charge in [-0.2, -0.15) is 0 Å². The second-order valence-corrected chi connectivity index (χ2v) is 5.26. The van der Waals surface area contributed by atoms with Gasteiger partial charge in [-0.25, -0.2) is 8.78 Å². The van der Waals surface area contributed by atoms with Gasteiger partial charge >= 0.3 is 0 Å². The van der Waals surface area contributed by atoms with Crippen LogP contribution in [0.3, 0.4) is 0 Å². The van der Waals surface area contributed by atoms with Gasteiger partial charge in [0, 0.05) is 31.6 Å². The number of rotatable bonds is 3. The van der Waals surface area contributed by atoms with Crippen LogP contribution >= 0.6 is 24.0 Å². The first-order valence-electron chi connectivity index (χ1n) is 6.96. The Hall–Kier alpha value is -0.920.